The number of rotatable bonds is 3. The molecule has 4 fully saturated rings. The Balaban J connectivity index is 1.38. The van der Waals surface area contributed by atoms with Crippen molar-refractivity contribution in [2.45, 2.75) is 82.3 Å². The maximum absolute atomic E-state index is 9.86. The number of fused-ring (bicyclic) bond motifs is 1. The molecule has 1 aliphatic heterocycles. The fourth-order valence-electron chi connectivity index (χ4n) is 5.45. The Labute approximate surface area is 116 Å². The topological polar surface area (TPSA) is 29.5 Å². The van der Waals surface area contributed by atoms with E-state index in [1.165, 1.54) is 64.2 Å². The molecule has 1 N–H and O–H groups in total. The first-order chi connectivity index (χ1) is 9.23. The lowest BCUT2D eigenvalue weighted by atomic mass is 9.78. The lowest BCUT2D eigenvalue weighted by Gasteiger charge is -2.36. The molecule has 3 atom stereocenters. The molecular weight excluding hydrogens is 236 g/mol. The van der Waals surface area contributed by atoms with E-state index in [1.54, 1.807) is 0 Å². The average Bonchev–Trinajstić information content (AvgIpc) is 2.88. The molecule has 1 heterocycles. The normalized spacial score (nSPS) is 47.5. The lowest BCUT2D eigenvalue weighted by molar-refractivity contribution is -0.0820. The van der Waals surface area contributed by atoms with Crippen LogP contribution in [0, 0.1) is 17.3 Å². The summed E-state index contributed by atoms with van der Waals surface area (Å²) in [5, 5.41) is 9.86. The first kappa shape index (κ1) is 12.6. The van der Waals surface area contributed by atoms with Crippen LogP contribution in [-0.2, 0) is 4.74 Å². The molecule has 0 radical (unpaired) electrons. The zero-order chi connectivity index (χ0) is 12.9. The van der Waals surface area contributed by atoms with Gasteiger partial charge < -0.3 is 9.84 Å². The van der Waals surface area contributed by atoms with Gasteiger partial charge in [-0.2, -0.15) is 0 Å². The SMILES string of the molecule is OCC1(CC2CCC3(CCCCC3)O2)CC2CC2C1. The standard InChI is InChI=1S/C17H28O2/c18-12-16(9-13-8-14(13)10-16)11-15-4-7-17(19-15)5-2-1-3-6-17/h13-15,18H,1-12H2. The van der Waals surface area contributed by atoms with Gasteiger partial charge in [-0.15, -0.1) is 0 Å². The monoisotopic (exact) mass is 264 g/mol. The van der Waals surface area contributed by atoms with Crippen LogP contribution in [0.3, 0.4) is 0 Å². The number of ether oxygens (including phenoxy) is 1. The van der Waals surface area contributed by atoms with Gasteiger partial charge in [-0.05, 0) is 68.6 Å². The lowest BCUT2D eigenvalue weighted by Crippen LogP contribution is -2.34. The van der Waals surface area contributed by atoms with Crippen molar-refractivity contribution in [1.29, 1.82) is 0 Å². The van der Waals surface area contributed by atoms with E-state index in [4.69, 9.17) is 4.74 Å². The van der Waals surface area contributed by atoms with E-state index >= 15 is 0 Å². The van der Waals surface area contributed by atoms with Crippen LogP contribution < -0.4 is 0 Å². The van der Waals surface area contributed by atoms with Gasteiger partial charge in [-0.1, -0.05) is 19.3 Å². The molecule has 0 aromatic rings. The minimum absolute atomic E-state index is 0.235. The highest BCUT2D eigenvalue weighted by atomic mass is 16.5. The molecule has 4 aliphatic rings. The molecule has 0 bridgehead atoms. The first-order valence-corrected chi connectivity index (χ1v) is 8.51. The van der Waals surface area contributed by atoms with Crippen molar-refractivity contribution in [1.82, 2.24) is 0 Å². The Morgan fingerprint density at radius 1 is 1.00 bits per heavy atom. The van der Waals surface area contributed by atoms with Crippen molar-refractivity contribution in [3.8, 4) is 0 Å². The summed E-state index contributed by atoms with van der Waals surface area (Å²) < 4.78 is 6.52. The minimum Gasteiger partial charge on any atom is -0.396 e. The van der Waals surface area contributed by atoms with Gasteiger partial charge >= 0.3 is 0 Å². The summed E-state index contributed by atoms with van der Waals surface area (Å²) in [5.41, 5.74) is 0.486. The Bertz CT molecular complexity index is 335. The molecule has 4 rings (SSSR count). The van der Waals surface area contributed by atoms with Gasteiger partial charge in [0.25, 0.3) is 0 Å². The Hall–Kier alpha value is -0.0800. The van der Waals surface area contributed by atoms with Crippen LogP contribution in [0.2, 0.25) is 0 Å². The highest BCUT2D eigenvalue weighted by Crippen LogP contribution is 2.62. The van der Waals surface area contributed by atoms with Crippen LogP contribution >= 0.6 is 0 Å². The van der Waals surface area contributed by atoms with Gasteiger partial charge in [-0.3, -0.25) is 0 Å². The summed E-state index contributed by atoms with van der Waals surface area (Å²) in [6, 6.07) is 0. The Kier molecular flexibility index (Phi) is 2.97. The molecular formula is C17H28O2. The highest BCUT2D eigenvalue weighted by molar-refractivity contribution is 5.05. The summed E-state index contributed by atoms with van der Waals surface area (Å²) in [6.07, 6.45) is 14.8. The maximum atomic E-state index is 9.86. The molecule has 1 spiro atoms. The highest BCUT2D eigenvalue weighted by Gasteiger charge is 2.55. The molecule has 2 heteroatoms. The Morgan fingerprint density at radius 3 is 2.42 bits per heavy atom. The smallest absolute Gasteiger partial charge is 0.0687 e. The van der Waals surface area contributed by atoms with E-state index in [-0.39, 0.29) is 11.0 Å². The van der Waals surface area contributed by atoms with Gasteiger partial charge in [0.15, 0.2) is 0 Å². The Morgan fingerprint density at radius 2 is 1.74 bits per heavy atom. The second-order valence-electron chi connectivity index (χ2n) is 8.05. The molecule has 19 heavy (non-hydrogen) atoms. The summed E-state index contributed by atoms with van der Waals surface area (Å²) in [6.45, 7) is 0.396. The second-order valence-corrected chi connectivity index (χ2v) is 8.05. The molecule has 3 aliphatic carbocycles. The van der Waals surface area contributed by atoms with Gasteiger partial charge in [0, 0.05) is 6.61 Å². The van der Waals surface area contributed by atoms with Crippen molar-refractivity contribution in [2.75, 3.05) is 6.61 Å². The van der Waals surface area contributed by atoms with Crippen LogP contribution in [-0.4, -0.2) is 23.4 Å². The van der Waals surface area contributed by atoms with Crippen molar-refractivity contribution >= 4 is 0 Å². The van der Waals surface area contributed by atoms with Crippen LogP contribution in [0.4, 0.5) is 0 Å². The van der Waals surface area contributed by atoms with Gasteiger partial charge in [0.2, 0.25) is 0 Å². The summed E-state index contributed by atoms with van der Waals surface area (Å²) in [5.74, 6) is 1.91. The van der Waals surface area contributed by atoms with Crippen molar-refractivity contribution in [3.05, 3.63) is 0 Å². The van der Waals surface area contributed by atoms with Gasteiger partial charge in [-0.25, -0.2) is 0 Å². The van der Waals surface area contributed by atoms with Crippen LogP contribution in [0.1, 0.15) is 70.6 Å². The number of hydrogen-bond acceptors (Lipinski definition) is 2. The molecule has 0 aromatic heterocycles. The van der Waals surface area contributed by atoms with Crippen LogP contribution in [0.15, 0.2) is 0 Å². The molecule has 1 saturated heterocycles. The maximum Gasteiger partial charge on any atom is 0.0687 e. The minimum atomic E-state index is 0.235. The first-order valence-electron chi connectivity index (χ1n) is 8.51. The molecule has 3 unspecified atom stereocenters. The number of aliphatic hydroxyl groups excluding tert-OH is 1. The predicted octanol–water partition coefficient (Wildman–Crippen LogP) is 3.67. The fourth-order valence-corrected chi connectivity index (χ4v) is 5.45. The van der Waals surface area contributed by atoms with Crippen LogP contribution in [0.5, 0.6) is 0 Å². The average molecular weight is 264 g/mol. The quantitative estimate of drug-likeness (QED) is 0.843. The summed E-state index contributed by atoms with van der Waals surface area (Å²) >= 11 is 0. The summed E-state index contributed by atoms with van der Waals surface area (Å²) in [4.78, 5) is 0. The van der Waals surface area contributed by atoms with E-state index in [9.17, 15) is 5.11 Å². The van der Waals surface area contributed by atoms with Crippen molar-refractivity contribution < 1.29 is 9.84 Å². The third kappa shape index (κ3) is 2.25. The zero-order valence-corrected chi connectivity index (χ0v) is 12.1. The number of aliphatic hydroxyl groups is 1. The van der Waals surface area contributed by atoms with E-state index < -0.39 is 0 Å². The van der Waals surface area contributed by atoms with Crippen LogP contribution in [0.25, 0.3) is 0 Å². The van der Waals surface area contributed by atoms with Crippen molar-refractivity contribution in [2.24, 2.45) is 17.3 Å². The molecule has 2 nitrogen and oxygen atoms in total. The van der Waals surface area contributed by atoms with E-state index in [0.717, 1.165) is 18.3 Å². The fraction of sp³-hybridized carbons (Fsp3) is 1.00. The van der Waals surface area contributed by atoms with E-state index in [1.807, 2.05) is 0 Å². The second kappa shape index (κ2) is 4.46. The third-order valence-electron chi connectivity index (χ3n) is 6.56. The molecule has 0 amide bonds. The summed E-state index contributed by atoms with van der Waals surface area (Å²) in [7, 11) is 0. The zero-order valence-electron chi connectivity index (χ0n) is 12.1. The molecule has 3 saturated carbocycles. The molecule has 0 aromatic carbocycles. The largest absolute Gasteiger partial charge is 0.396 e. The van der Waals surface area contributed by atoms with Gasteiger partial charge in [0.05, 0.1) is 11.7 Å². The molecule has 108 valence electrons. The predicted molar refractivity (Wildman–Crippen MR) is 74.9 cm³/mol. The van der Waals surface area contributed by atoms with Crippen molar-refractivity contribution in [3.63, 3.8) is 0 Å². The van der Waals surface area contributed by atoms with Gasteiger partial charge in [0.1, 0.15) is 0 Å². The number of hydrogen-bond donors (Lipinski definition) is 1. The van der Waals surface area contributed by atoms with E-state index in [2.05, 4.69) is 0 Å². The third-order valence-corrected chi connectivity index (χ3v) is 6.56. The van der Waals surface area contributed by atoms with E-state index in [0.29, 0.717) is 12.7 Å².